The lowest BCUT2D eigenvalue weighted by atomic mass is 9.95. The Morgan fingerprint density at radius 3 is 2.90 bits per heavy atom. The fourth-order valence-corrected chi connectivity index (χ4v) is 2.43. The van der Waals surface area contributed by atoms with Crippen LogP contribution in [0.3, 0.4) is 0 Å². The fraction of sp³-hybridized carbons (Fsp3) is 0.333. The molecule has 1 N–H and O–H groups in total. The van der Waals surface area contributed by atoms with Gasteiger partial charge in [0.1, 0.15) is 5.76 Å². The molecule has 1 aromatic rings. The molecule has 2 heterocycles. The van der Waals surface area contributed by atoms with Gasteiger partial charge in [0.25, 0.3) is 0 Å². The normalized spacial score (nSPS) is 15.9. The van der Waals surface area contributed by atoms with Crippen LogP contribution in [0, 0.1) is 0 Å². The van der Waals surface area contributed by atoms with Gasteiger partial charge < -0.3 is 14.6 Å². The van der Waals surface area contributed by atoms with Crippen molar-refractivity contribution in [2.24, 2.45) is 0 Å². The highest BCUT2D eigenvalue weighted by atomic mass is 16.5. The minimum Gasteiger partial charge on any atom is -0.493 e. The number of rotatable bonds is 5. The highest BCUT2D eigenvalue weighted by Gasteiger charge is 2.22. The van der Waals surface area contributed by atoms with Crippen molar-refractivity contribution in [2.45, 2.75) is 27.2 Å². The topological polar surface area (TPSA) is 28.3 Å². The average Bonchev–Trinajstić information content (AvgIpc) is 2.96. The van der Waals surface area contributed by atoms with Gasteiger partial charge in [-0.3, -0.25) is 0 Å². The molecule has 0 spiro atoms. The molecule has 112 valence electrons. The van der Waals surface area contributed by atoms with E-state index in [1.807, 2.05) is 37.2 Å². The van der Waals surface area contributed by atoms with E-state index in [0.29, 0.717) is 0 Å². The number of ether oxygens (including phenoxy) is 1. The second-order valence-corrected chi connectivity index (χ2v) is 5.20. The predicted molar refractivity (Wildman–Crippen MR) is 89.3 cm³/mol. The second-order valence-electron chi connectivity index (χ2n) is 5.20. The second kappa shape index (κ2) is 6.53. The van der Waals surface area contributed by atoms with E-state index >= 15 is 0 Å². The molecule has 21 heavy (non-hydrogen) atoms. The molecule has 1 aliphatic heterocycles. The first kappa shape index (κ1) is 15.2. The Balaban J connectivity index is 2.48. The standard InChI is InChI=1S/C18H24N2O/c1-6-8-17(21-11-7-2)13(3)16-12-20(5)14(4)18-15(16)9-10-19-18/h6,8-10,12,19H,4,7,11H2,1-3,5H3/b8-6-,17-13-. The molecule has 0 aliphatic carbocycles. The molecule has 0 saturated heterocycles. The summed E-state index contributed by atoms with van der Waals surface area (Å²) in [4.78, 5) is 5.32. The third kappa shape index (κ3) is 2.97. The minimum atomic E-state index is 0.729. The van der Waals surface area contributed by atoms with E-state index in [1.54, 1.807) is 0 Å². The minimum absolute atomic E-state index is 0.729. The van der Waals surface area contributed by atoms with Crippen LogP contribution in [0.5, 0.6) is 0 Å². The van der Waals surface area contributed by atoms with E-state index < -0.39 is 0 Å². The summed E-state index contributed by atoms with van der Waals surface area (Å²) in [6.07, 6.45) is 9.12. The lowest BCUT2D eigenvalue weighted by Gasteiger charge is -2.26. The lowest BCUT2D eigenvalue weighted by molar-refractivity contribution is 0.222. The first-order valence-electron chi connectivity index (χ1n) is 7.38. The summed E-state index contributed by atoms with van der Waals surface area (Å²) in [5, 5.41) is 0. The van der Waals surface area contributed by atoms with Gasteiger partial charge in [0.05, 0.1) is 18.0 Å². The van der Waals surface area contributed by atoms with Gasteiger partial charge in [-0.15, -0.1) is 0 Å². The number of nitrogens with one attached hydrogen (secondary N) is 1. The molecule has 3 heteroatoms. The van der Waals surface area contributed by atoms with Crippen LogP contribution in [0.2, 0.25) is 0 Å². The molecule has 0 saturated carbocycles. The molecule has 0 fully saturated rings. The van der Waals surface area contributed by atoms with E-state index in [1.165, 1.54) is 11.1 Å². The Kier molecular flexibility index (Phi) is 4.73. The first-order valence-corrected chi connectivity index (χ1v) is 7.38. The van der Waals surface area contributed by atoms with Gasteiger partial charge in [-0.25, -0.2) is 0 Å². The molecule has 0 unspecified atom stereocenters. The van der Waals surface area contributed by atoms with Crippen LogP contribution in [0.4, 0.5) is 0 Å². The summed E-state index contributed by atoms with van der Waals surface area (Å²) < 4.78 is 5.90. The van der Waals surface area contributed by atoms with Gasteiger partial charge in [0.2, 0.25) is 0 Å². The molecular weight excluding hydrogens is 260 g/mol. The van der Waals surface area contributed by atoms with Crippen molar-refractivity contribution in [1.82, 2.24) is 9.88 Å². The zero-order valence-electron chi connectivity index (χ0n) is 13.4. The lowest BCUT2D eigenvalue weighted by Crippen LogP contribution is -2.15. The Bertz CT molecular complexity index is 617. The molecule has 3 nitrogen and oxygen atoms in total. The maximum absolute atomic E-state index is 5.90. The number of allylic oxidation sites excluding steroid dienone is 4. The third-order valence-corrected chi connectivity index (χ3v) is 3.63. The van der Waals surface area contributed by atoms with Gasteiger partial charge in [-0.05, 0) is 32.4 Å². The van der Waals surface area contributed by atoms with Crippen molar-refractivity contribution in [3.05, 3.63) is 59.8 Å². The largest absolute Gasteiger partial charge is 0.493 e. The van der Waals surface area contributed by atoms with Gasteiger partial charge in [0, 0.05) is 36.2 Å². The van der Waals surface area contributed by atoms with E-state index in [-0.39, 0.29) is 0 Å². The summed E-state index contributed by atoms with van der Waals surface area (Å²) in [6.45, 7) is 11.1. The average molecular weight is 284 g/mol. The van der Waals surface area contributed by atoms with Crippen molar-refractivity contribution >= 4 is 11.3 Å². The monoisotopic (exact) mass is 284 g/mol. The molecule has 0 bridgehead atoms. The van der Waals surface area contributed by atoms with Crippen LogP contribution >= 0.6 is 0 Å². The Morgan fingerprint density at radius 1 is 1.48 bits per heavy atom. The van der Waals surface area contributed by atoms with Gasteiger partial charge in [0.15, 0.2) is 0 Å². The Labute approximate surface area is 127 Å². The summed E-state index contributed by atoms with van der Waals surface area (Å²) in [7, 11) is 2.02. The van der Waals surface area contributed by atoms with Crippen LogP contribution in [0.25, 0.3) is 11.3 Å². The number of nitrogens with zero attached hydrogens (tertiary/aromatic N) is 1. The zero-order valence-corrected chi connectivity index (χ0v) is 13.4. The van der Waals surface area contributed by atoms with Crippen molar-refractivity contribution < 1.29 is 4.74 Å². The molecule has 2 rings (SSSR count). The summed E-state index contributed by atoms with van der Waals surface area (Å²) in [6, 6.07) is 2.09. The van der Waals surface area contributed by atoms with Gasteiger partial charge in [-0.1, -0.05) is 19.6 Å². The third-order valence-electron chi connectivity index (χ3n) is 3.63. The van der Waals surface area contributed by atoms with Crippen molar-refractivity contribution in [2.75, 3.05) is 13.7 Å². The van der Waals surface area contributed by atoms with Crippen molar-refractivity contribution in [1.29, 1.82) is 0 Å². The molecule has 0 aromatic carbocycles. The van der Waals surface area contributed by atoms with Crippen LogP contribution < -0.4 is 0 Å². The molecule has 0 atom stereocenters. The molecular formula is C18H24N2O. The number of hydrogen-bond acceptors (Lipinski definition) is 2. The first-order chi connectivity index (χ1) is 10.1. The number of hydrogen-bond donors (Lipinski definition) is 1. The maximum Gasteiger partial charge on any atom is 0.122 e. The highest BCUT2D eigenvalue weighted by molar-refractivity contribution is 5.88. The van der Waals surface area contributed by atoms with Gasteiger partial charge >= 0.3 is 0 Å². The summed E-state index contributed by atoms with van der Waals surface area (Å²) in [5.41, 5.74) is 5.54. The van der Waals surface area contributed by atoms with Crippen molar-refractivity contribution in [3.8, 4) is 0 Å². The van der Waals surface area contributed by atoms with Crippen LogP contribution in [0.1, 0.15) is 38.4 Å². The van der Waals surface area contributed by atoms with Crippen LogP contribution in [-0.2, 0) is 4.74 Å². The SMILES string of the molecule is C=C1c2[nH]ccc2C(/C(C)=C(/C=C\C)OCCC)=CN1C. The number of H-pyrrole nitrogens is 1. The predicted octanol–water partition coefficient (Wildman–Crippen LogP) is 4.55. The molecule has 0 radical (unpaired) electrons. The number of aromatic amines is 1. The zero-order chi connectivity index (χ0) is 15.4. The Morgan fingerprint density at radius 2 is 2.24 bits per heavy atom. The highest BCUT2D eigenvalue weighted by Crippen LogP contribution is 2.36. The van der Waals surface area contributed by atoms with Crippen LogP contribution in [0.15, 0.2) is 48.5 Å². The summed E-state index contributed by atoms with van der Waals surface area (Å²) >= 11 is 0. The van der Waals surface area contributed by atoms with Crippen molar-refractivity contribution in [3.63, 3.8) is 0 Å². The number of fused-ring (bicyclic) bond motifs is 1. The van der Waals surface area contributed by atoms with E-state index in [0.717, 1.165) is 35.8 Å². The van der Waals surface area contributed by atoms with Crippen LogP contribution in [-0.4, -0.2) is 23.5 Å². The molecule has 0 amide bonds. The Hall–Kier alpha value is -2.16. The fourth-order valence-electron chi connectivity index (χ4n) is 2.43. The van der Waals surface area contributed by atoms with E-state index in [9.17, 15) is 0 Å². The number of aromatic nitrogens is 1. The molecule has 1 aliphatic rings. The van der Waals surface area contributed by atoms with Gasteiger partial charge in [-0.2, -0.15) is 0 Å². The quantitative estimate of drug-likeness (QED) is 0.634. The summed E-state index contributed by atoms with van der Waals surface area (Å²) in [5.74, 6) is 0.929. The van der Waals surface area contributed by atoms with E-state index in [2.05, 4.69) is 37.7 Å². The molecule has 1 aromatic heterocycles. The smallest absolute Gasteiger partial charge is 0.122 e. The van der Waals surface area contributed by atoms with E-state index in [4.69, 9.17) is 4.74 Å². The maximum atomic E-state index is 5.90.